The van der Waals surface area contributed by atoms with Gasteiger partial charge in [-0.1, -0.05) is 60.1 Å². The minimum absolute atomic E-state index is 0.272. The molecule has 1 aliphatic rings. The minimum Gasteiger partial charge on any atom is -0.495 e. The van der Waals surface area contributed by atoms with E-state index in [0.29, 0.717) is 39.6 Å². The number of pyridine rings is 1. The molecule has 0 fully saturated rings. The number of benzene rings is 3. The van der Waals surface area contributed by atoms with Gasteiger partial charge in [0.15, 0.2) is 6.61 Å². The van der Waals surface area contributed by atoms with Crippen molar-refractivity contribution in [2.24, 2.45) is 0 Å². The van der Waals surface area contributed by atoms with Crippen LogP contribution >= 0.6 is 11.6 Å². The Bertz CT molecular complexity index is 1510. The molecule has 0 bridgehead atoms. The van der Waals surface area contributed by atoms with E-state index in [-0.39, 0.29) is 5.92 Å². The molecule has 194 valence electrons. The maximum Gasteiger partial charge on any atom is 0.339 e. The number of hydrogen-bond donors (Lipinski definition) is 1. The van der Waals surface area contributed by atoms with Crippen molar-refractivity contribution < 1.29 is 23.8 Å². The molecule has 1 aromatic heterocycles. The SMILES string of the molecule is COc1cc(OC)c(NC(=O)COC(=O)c2c3c(nc4ccccc24)CCC(c2ccccc2)C3)cc1Cl. The molecule has 1 N–H and O–H groups in total. The van der Waals surface area contributed by atoms with E-state index in [9.17, 15) is 9.59 Å². The first-order valence-electron chi connectivity index (χ1n) is 12.3. The molecule has 8 heteroatoms. The predicted molar refractivity (Wildman–Crippen MR) is 146 cm³/mol. The summed E-state index contributed by atoms with van der Waals surface area (Å²) in [7, 11) is 2.96. The lowest BCUT2D eigenvalue weighted by Gasteiger charge is -2.27. The van der Waals surface area contributed by atoms with Gasteiger partial charge in [0.25, 0.3) is 5.91 Å². The van der Waals surface area contributed by atoms with Gasteiger partial charge >= 0.3 is 5.97 Å². The third-order valence-corrected chi connectivity index (χ3v) is 7.11. The number of esters is 1. The van der Waals surface area contributed by atoms with Crippen molar-refractivity contribution in [2.45, 2.75) is 25.2 Å². The van der Waals surface area contributed by atoms with Crippen LogP contribution in [0.4, 0.5) is 5.69 Å². The van der Waals surface area contributed by atoms with E-state index >= 15 is 0 Å². The van der Waals surface area contributed by atoms with Gasteiger partial charge in [-0.15, -0.1) is 0 Å². The number of para-hydroxylation sites is 1. The molecule has 5 rings (SSSR count). The van der Waals surface area contributed by atoms with Crippen LogP contribution in [0.25, 0.3) is 10.9 Å². The molecule has 38 heavy (non-hydrogen) atoms. The van der Waals surface area contributed by atoms with E-state index in [0.717, 1.165) is 29.6 Å². The van der Waals surface area contributed by atoms with Crippen molar-refractivity contribution in [3.05, 3.63) is 94.1 Å². The lowest BCUT2D eigenvalue weighted by molar-refractivity contribution is -0.119. The lowest BCUT2D eigenvalue weighted by atomic mass is 9.80. The number of nitrogens with zero attached hydrogens (tertiary/aromatic N) is 1. The van der Waals surface area contributed by atoms with Crippen molar-refractivity contribution >= 4 is 40.1 Å². The molecule has 1 heterocycles. The number of carbonyl (C=O) groups is 2. The van der Waals surface area contributed by atoms with Crippen LogP contribution in [0.15, 0.2) is 66.7 Å². The maximum atomic E-state index is 13.5. The van der Waals surface area contributed by atoms with Gasteiger partial charge in [-0.05, 0) is 48.4 Å². The molecular weight excluding hydrogens is 504 g/mol. The zero-order valence-electron chi connectivity index (χ0n) is 21.1. The Kier molecular flexibility index (Phi) is 7.47. The Morgan fingerprint density at radius 2 is 1.74 bits per heavy atom. The topological polar surface area (TPSA) is 86.8 Å². The molecule has 1 amide bonds. The van der Waals surface area contributed by atoms with Gasteiger partial charge in [0.2, 0.25) is 0 Å². The van der Waals surface area contributed by atoms with Crippen LogP contribution in [0.1, 0.15) is 39.5 Å². The number of methoxy groups -OCH3 is 2. The number of anilines is 1. The fraction of sp³-hybridized carbons (Fsp3) is 0.233. The summed E-state index contributed by atoms with van der Waals surface area (Å²) in [5, 5.41) is 3.72. The number of amides is 1. The average Bonchev–Trinajstić information content (AvgIpc) is 2.95. The Morgan fingerprint density at radius 3 is 2.50 bits per heavy atom. The highest BCUT2D eigenvalue weighted by Gasteiger charge is 2.28. The lowest BCUT2D eigenvalue weighted by Crippen LogP contribution is -2.24. The molecule has 0 spiro atoms. The molecule has 1 unspecified atom stereocenters. The monoisotopic (exact) mass is 530 g/mol. The third-order valence-electron chi connectivity index (χ3n) is 6.82. The number of fused-ring (bicyclic) bond motifs is 2. The van der Waals surface area contributed by atoms with Gasteiger partial charge in [-0.3, -0.25) is 9.78 Å². The largest absolute Gasteiger partial charge is 0.495 e. The van der Waals surface area contributed by atoms with Crippen LogP contribution in [0.2, 0.25) is 5.02 Å². The first-order chi connectivity index (χ1) is 18.5. The van der Waals surface area contributed by atoms with Gasteiger partial charge in [0.1, 0.15) is 11.5 Å². The summed E-state index contributed by atoms with van der Waals surface area (Å²) in [6.07, 6.45) is 2.39. The number of nitrogens with one attached hydrogen (secondary N) is 1. The van der Waals surface area contributed by atoms with Crippen molar-refractivity contribution in [1.29, 1.82) is 0 Å². The summed E-state index contributed by atoms with van der Waals surface area (Å²) in [5.41, 5.74) is 4.58. The normalized spacial score (nSPS) is 14.4. The Balaban J connectivity index is 1.39. The Morgan fingerprint density at radius 1 is 1.00 bits per heavy atom. The molecule has 0 aliphatic heterocycles. The molecule has 0 radical (unpaired) electrons. The zero-order valence-corrected chi connectivity index (χ0v) is 21.9. The maximum absolute atomic E-state index is 13.5. The molecule has 0 saturated carbocycles. The van der Waals surface area contributed by atoms with Gasteiger partial charge in [-0.2, -0.15) is 0 Å². The van der Waals surface area contributed by atoms with E-state index in [4.69, 9.17) is 30.8 Å². The van der Waals surface area contributed by atoms with Crippen LogP contribution in [0.3, 0.4) is 0 Å². The fourth-order valence-corrected chi connectivity index (χ4v) is 5.22. The molecule has 0 saturated heterocycles. The highest BCUT2D eigenvalue weighted by molar-refractivity contribution is 6.32. The summed E-state index contributed by atoms with van der Waals surface area (Å²) >= 11 is 6.21. The first-order valence-corrected chi connectivity index (χ1v) is 12.7. The zero-order chi connectivity index (χ0) is 26.6. The van der Waals surface area contributed by atoms with Crippen molar-refractivity contribution in [3.8, 4) is 11.5 Å². The van der Waals surface area contributed by atoms with E-state index in [1.54, 1.807) is 6.07 Å². The molecule has 7 nitrogen and oxygen atoms in total. The second-order valence-electron chi connectivity index (χ2n) is 9.09. The van der Waals surface area contributed by atoms with Crippen molar-refractivity contribution in [1.82, 2.24) is 4.98 Å². The van der Waals surface area contributed by atoms with Gasteiger partial charge < -0.3 is 19.5 Å². The Hall–Kier alpha value is -4.10. The number of halogens is 1. The number of aryl methyl sites for hydroxylation is 1. The summed E-state index contributed by atoms with van der Waals surface area (Å²) in [6.45, 7) is -0.473. The van der Waals surface area contributed by atoms with Gasteiger partial charge in [0.05, 0.1) is 36.0 Å². The third kappa shape index (κ3) is 5.15. The number of ether oxygens (including phenoxy) is 3. The summed E-state index contributed by atoms with van der Waals surface area (Å²) in [5.74, 6) is -0.0207. The molecular formula is C30H27ClN2O5. The molecule has 4 aromatic rings. The quantitative estimate of drug-likeness (QED) is 0.296. The van der Waals surface area contributed by atoms with E-state index in [1.807, 2.05) is 42.5 Å². The molecule has 1 atom stereocenters. The van der Waals surface area contributed by atoms with E-state index < -0.39 is 18.5 Å². The second kappa shape index (κ2) is 11.1. The van der Waals surface area contributed by atoms with Crippen LogP contribution in [0.5, 0.6) is 11.5 Å². The molecule has 3 aromatic carbocycles. The fourth-order valence-electron chi connectivity index (χ4n) is 4.98. The van der Waals surface area contributed by atoms with Crippen LogP contribution < -0.4 is 14.8 Å². The number of hydrogen-bond acceptors (Lipinski definition) is 6. The van der Waals surface area contributed by atoms with E-state index in [1.165, 1.54) is 25.8 Å². The standard InChI is InChI=1S/C30H27ClN2O5/c1-36-26-16-27(37-2)25(15-22(26)31)33-28(34)17-38-30(35)29-20-10-6-7-11-23(20)32-24-13-12-19(14-21(24)29)18-8-4-3-5-9-18/h3-11,15-16,19H,12-14,17H2,1-2H3,(H,33,34). The predicted octanol–water partition coefficient (Wildman–Crippen LogP) is 5.97. The van der Waals surface area contributed by atoms with Gasteiger partial charge in [-0.25, -0.2) is 4.79 Å². The minimum atomic E-state index is -0.552. The highest BCUT2D eigenvalue weighted by Crippen LogP contribution is 2.37. The first kappa shape index (κ1) is 25.5. The van der Waals surface area contributed by atoms with Gasteiger partial charge in [0, 0.05) is 17.1 Å². The highest BCUT2D eigenvalue weighted by atomic mass is 35.5. The Labute approximate surface area is 225 Å². The number of aromatic nitrogens is 1. The van der Waals surface area contributed by atoms with Crippen LogP contribution in [-0.2, 0) is 22.4 Å². The average molecular weight is 531 g/mol. The summed E-state index contributed by atoms with van der Waals surface area (Å²) in [4.78, 5) is 31.1. The molecule has 1 aliphatic carbocycles. The number of carbonyl (C=O) groups excluding carboxylic acids is 2. The number of rotatable bonds is 7. The second-order valence-corrected chi connectivity index (χ2v) is 9.50. The van der Waals surface area contributed by atoms with E-state index in [2.05, 4.69) is 17.4 Å². The van der Waals surface area contributed by atoms with Crippen molar-refractivity contribution in [2.75, 3.05) is 26.1 Å². The van der Waals surface area contributed by atoms with Crippen molar-refractivity contribution in [3.63, 3.8) is 0 Å². The van der Waals surface area contributed by atoms with Crippen LogP contribution in [0, 0.1) is 0 Å². The van der Waals surface area contributed by atoms with Crippen LogP contribution in [-0.4, -0.2) is 37.7 Å². The summed E-state index contributed by atoms with van der Waals surface area (Å²) in [6, 6.07) is 20.9. The summed E-state index contributed by atoms with van der Waals surface area (Å²) < 4.78 is 16.1. The smallest absolute Gasteiger partial charge is 0.339 e.